The molecule has 3 heteroatoms. The van der Waals surface area contributed by atoms with Gasteiger partial charge in [-0.05, 0) is 39.7 Å². The molecule has 0 aromatic heterocycles. The Morgan fingerprint density at radius 3 is 2.81 bits per heavy atom. The number of carbonyl (C=O) groups excluding carboxylic acids is 1. The minimum absolute atomic E-state index is 0.181. The lowest BCUT2D eigenvalue weighted by atomic mass is 10.0. The van der Waals surface area contributed by atoms with E-state index in [1.54, 1.807) is 0 Å². The van der Waals surface area contributed by atoms with Gasteiger partial charge in [0.05, 0.1) is 13.5 Å². The summed E-state index contributed by atoms with van der Waals surface area (Å²) in [4.78, 5) is 13.6. The molecule has 0 aromatic carbocycles. The average molecular weight is 225 g/mol. The Hall–Kier alpha value is -0.830. The molecule has 92 valence electrons. The van der Waals surface area contributed by atoms with E-state index >= 15 is 0 Å². The van der Waals surface area contributed by atoms with Crippen molar-refractivity contribution in [2.45, 2.75) is 51.6 Å². The predicted octanol–water partition coefficient (Wildman–Crippen LogP) is 2.37. The van der Waals surface area contributed by atoms with Gasteiger partial charge in [-0.15, -0.1) is 0 Å². The first-order valence-corrected chi connectivity index (χ1v) is 6.03. The van der Waals surface area contributed by atoms with Gasteiger partial charge in [0.2, 0.25) is 0 Å². The third-order valence-electron chi connectivity index (χ3n) is 3.23. The van der Waals surface area contributed by atoms with Crippen LogP contribution in [0.4, 0.5) is 0 Å². The number of hydrogen-bond acceptors (Lipinski definition) is 3. The Morgan fingerprint density at radius 2 is 2.25 bits per heavy atom. The molecule has 0 radical (unpaired) electrons. The maximum Gasteiger partial charge on any atom is 0.309 e. The highest BCUT2D eigenvalue weighted by molar-refractivity contribution is 5.72. The molecule has 3 nitrogen and oxygen atoms in total. The largest absolute Gasteiger partial charge is 0.469 e. The molecular weight excluding hydrogens is 202 g/mol. The maximum atomic E-state index is 11.1. The standard InChI is InChI=1S/C13H23NO2/c1-10(2)14-7-5-6-12(14)8-11(3)9-13(15)16-4/h10,12H,3,5-9H2,1-2,4H3. The summed E-state index contributed by atoms with van der Waals surface area (Å²) in [6, 6.07) is 1.15. The van der Waals surface area contributed by atoms with Gasteiger partial charge in [0.15, 0.2) is 0 Å². The Kier molecular flexibility index (Phi) is 5.00. The van der Waals surface area contributed by atoms with E-state index in [1.165, 1.54) is 26.5 Å². The van der Waals surface area contributed by atoms with Crippen LogP contribution in [0.5, 0.6) is 0 Å². The van der Waals surface area contributed by atoms with Crippen LogP contribution in [0.2, 0.25) is 0 Å². The van der Waals surface area contributed by atoms with E-state index in [9.17, 15) is 4.79 Å². The van der Waals surface area contributed by atoms with Crippen LogP contribution >= 0.6 is 0 Å². The molecule has 0 aliphatic carbocycles. The number of carbonyl (C=O) groups is 1. The van der Waals surface area contributed by atoms with Gasteiger partial charge in [0.1, 0.15) is 0 Å². The van der Waals surface area contributed by atoms with Gasteiger partial charge >= 0.3 is 5.97 Å². The SMILES string of the molecule is C=C(CC(=O)OC)CC1CCCN1C(C)C. The van der Waals surface area contributed by atoms with E-state index < -0.39 is 0 Å². The number of methoxy groups -OCH3 is 1. The van der Waals surface area contributed by atoms with E-state index in [1.807, 2.05) is 0 Å². The second kappa shape index (κ2) is 6.04. The van der Waals surface area contributed by atoms with Crippen LogP contribution in [0.25, 0.3) is 0 Å². The number of rotatable bonds is 5. The second-order valence-corrected chi connectivity index (χ2v) is 4.83. The summed E-state index contributed by atoms with van der Waals surface area (Å²) in [5.74, 6) is -0.181. The minimum atomic E-state index is -0.181. The topological polar surface area (TPSA) is 29.5 Å². The van der Waals surface area contributed by atoms with Gasteiger partial charge in [0, 0.05) is 12.1 Å². The third-order valence-corrected chi connectivity index (χ3v) is 3.23. The van der Waals surface area contributed by atoms with Crippen molar-refractivity contribution in [3.05, 3.63) is 12.2 Å². The van der Waals surface area contributed by atoms with Crippen molar-refractivity contribution in [3.63, 3.8) is 0 Å². The smallest absolute Gasteiger partial charge is 0.309 e. The summed E-state index contributed by atoms with van der Waals surface area (Å²) >= 11 is 0. The highest BCUT2D eigenvalue weighted by Gasteiger charge is 2.26. The quantitative estimate of drug-likeness (QED) is 0.531. The third kappa shape index (κ3) is 3.63. The van der Waals surface area contributed by atoms with Crippen LogP contribution in [-0.2, 0) is 9.53 Å². The number of nitrogens with zero attached hydrogens (tertiary/aromatic N) is 1. The van der Waals surface area contributed by atoms with Crippen molar-refractivity contribution >= 4 is 5.97 Å². The average Bonchev–Trinajstić information content (AvgIpc) is 2.65. The molecule has 1 aliphatic heterocycles. The lowest BCUT2D eigenvalue weighted by Crippen LogP contribution is -2.35. The molecular formula is C13H23NO2. The summed E-state index contributed by atoms with van der Waals surface area (Å²) in [7, 11) is 1.42. The van der Waals surface area contributed by atoms with Crippen LogP contribution in [0.15, 0.2) is 12.2 Å². The maximum absolute atomic E-state index is 11.1. The van der Waals surface area contributed by atoms with Crippen molar-refractivity contribution in [3.8, 4) is 0 Å². The monoisotopic (exact) mass is 225 g/mol. The van der Waals surface area contributed by atoms with Gasteiger partial charge in [-0.3, -0.25) is 9.69 Å². The zero-order valence-electron chi connectivity index (χ0n) is 10.7. The molecule has 0 spiro atoms. The van der Waals surface area contributed by atoms with Gasteiger partial charge < -0.3 is 4.74 Å². The van der Waals surface area contributed by atoms with E-state index in [2.05, 4.69) is 30.1 Å². The van der Waals surface area contributed by atoms with Crippen molar-refractivity contribution in [1.29, 1.82) is 0 Å². The summed E-state index contributed by atoms with van der Waals surface area (Å²) in [6.45, 7) is 9.59. The molecule has 1 rings (SSSR count). The molecule has 1 heterocycles. The lowest BCUT2D eigenvalue weighted by molar-refractivity contribution is -0.139. The zero-order valence-corrected chi connectivity index (χ0v) is 10.7. The predicted molar refractivity (Wildman–Crippen MR) is 65.3 cm³/mol. The zero-order chi connectivity index (χ0) is 12.1. The molecule has 0 bridgehead atoms. The second-order valence-electron chi connectivity index (χ2n) is 4.83. The van der Waals surface area contributed by atoms with Crippen LogP contribution in [-0.4, -0.2) is 36.6 Å². The number of ether oxygens (including phenoxy) is 1. The summed E-state index contributed by atoms with van der Waals surface area (Å²) < 4.78 is 4.65. The number of likely N-dealkylation sites (tertiary alicyclic amines) is 1. The highest BCUT2D eigenvalue weighted by Crippen LogP contribution is 2.25. The summed E-state index contributed by atoms with van der Waals surface area (Å²) in [5, 5.41) is 0. The molecule has 1 atom stereocenters. The Bertz CT molecular complexity index is 261. The molecule has 0 N–H and O–H groups in total. The Labute approximate surface area is 98.5 Å². The first-order valence-electron chi connectivity index (χ1n) is 6.03. The molecule has 1 aliphatic rings. The van der Waals surface area contributed by atoms with Crippen LogP contribution in [0, 0.1) is 0 Å². The van der Waals surface area contributed by atoms with E-state index in [0.717, 1.165) is 12.0 Å². The highest BCUT2D eigenvalue weighted by atomic mass is 16.5. The van der Waals surface area contributed by atoms with Crippen molar-refractivity contribution in [2.24, 2.45) is 0 Å². The van der Waals surface area contributed by atoms with Gasteiger partial charge in [-0.25, -0.2) is 0 Å². The van der Waals surface area contributed by atoms with E-state index in [-0.39, 0.29) is 5.97 Å². The molecule has 1 fully saturated rings. The molecule has 1 unspecified atom stereocenters. The lowest BCUT2D eigenvalue weighted by Gasteiger charge is -2.28. The first-order chi connectivity index (χ1) is 7.54. The molecule has 0 saturated carbocycles. The summed E-state index contributed by atoms with van der Waals surface area (Å²) in [6.07, 6.45) is 3.76. The molecule has 1 saturated heterocycles. The summed E-state index contributed by atoms with van der Waals surface area (Å²) in [5.41, 5.74) is 0.990. The van der Waals surface area contributed by atoms with Gasteiger partial charge in [0.25, 0.3) is 0 Å². The normalized spacial score (nSPS) is 21.4. The van der Waals surface area contributed by atoms with Gasteiger partial charge in [-0.2, -0.15) is 0 Å². The van der Waals surface area contributed by atoms with Gasteiger partial charge in [-0.1, -0.05) is 12.2 Å². The Morgan fingerprint density at radius 1 is 1.56 bits per heavy atom. The van der Waals surface area contributed by atoms with E-state index in [0.29, 0.717) is 18.5 Å². The van der Waals surface area contributed by atoms with Crippen molar-refractivity contribution in [1.82, 2.24) is 4.90 Å². The minimum Gasteiger partial charge on any atom is -0.469 e. The van der Waals surface area contributed by atoms with Crippen LogP contribution < -0.4 is 0 Å². The van der Waals surface area contributed by atoms with E-state index in [4.69, 9.17) is 0 Å². The number of esters is 1. The fourth-order valence-electron chi connectivity index (χ4n) is 2.44. The fraction of sp³-hybridized carbons (Fsp3) is 0.769. The van der Waals surface area contributed by atoms with Crippen molar-refractivity contribution < 1.29 is 9.53 Å². The first kappa shape index (κ1) is 13.2. The Balaban J connectivity index is 2.41. The van der Waals surface area contributed by atoms with Crippen LogP contribution in [0.1, 0.15) is 39.5 Å². The van der Waals surface area contributed by atoms with Crippen molar-refractivity contribution in [2.75, 3.05) is 13.7 Å². The molecule has 16 heavy (non-hydrogen) atoms. The molecule has 0 aromatic rings. The molecule has 0 amide bonds. The fourth-order valence-corrected chi connectivity index (χ4v) is 2.44. The number of hydrogen-bond donors (Lipinski definition) is 0. The van der Waals surface area contributed by atoms with Crippen LogP contribution in [0.3, 0.4) is 0 Å².